The van der Waals surface area contributed by atoms with E-state index in [0.717, 1.165) is 19.5 Å². The van der Waals surface area contributed by atoms with Gasteiger partial charge in [0.05, 0.1) is 13.2 Å². The van der Waals surface area contributed by atoms with E-state index in [2.05, 4.69) is 23.9 Å². The molecule has 2 rings (SSSR count). The van der Waals surface area contributed by atoms with Crippen LogP contribution in [0, 0.1) is 0 Å². The first-order valence-electron chi connectivity index (χ1n) is 8.49. The van der Waals surface area contributed by atoms with E-state index >= 15 is 0 Å². The summed E-state index contributed by atoms with van der Waals surface area (Å²) in [6.45, 7) is 4.77. The van der Waals surface area contributed by atoms with Crippen LogP contribution in [0.4, 0.5) is 0 Å². The highest BCUT2D eigenvalue weighted by molar-refractivity contribution is 5.72. The predicted octanol–water partition coefficient (Wildman–Crippen LogP) is 0.656. The molecule has 2 atom stereocenters. The smallest absolute Gasteiger partial charge is 0.233 e. The summed E-state index contributed by atoms with van der Waals surface area (Å²) in [5.41, 5.74) is 0. The first kappa shape index (κ1) is 19.4. The number of hydrogen-bond donors (Lipinski definition) is 2. The van der Waals surface area contributed by atoms with Gasteiger partial charge in [-0.2, -0.15) is 0 Å². The van der Waals surface area contributed by atoms with E-state index < -0.39 is 0 Å². The molecule has 0 aromatic rings. The fourth-order valence-corrected chi connectivity index (χ4v) is 3.11. The Morgan fingerprint density at radius 1 is 1.09 bits per heavy atom. The first-order valence-corrected chi connectivity index (χ1v) is 8.49. The number of carbonyl (C=O) groups is 1. The molecule has 0 saturated carbocycles. The van der Waals surface area contributed by atoms with E-state index in [1.165, 1.54) is 44.0 Å². The van der Waals surface area contributed by atoms with Crippen molar-refractivity contribution in [1.82, 2.24) is 14.8 Å². The Hall–Kier alpha value is -0.690. The van der Waals surface area contributed by atoms with Gasteiger partial charge in [0.25, 0.3) is 0 Å². The lowest BCUT2D eigenvalue weighted by Gasteiger charge is -2.34. The monoisotopic (exact) mass is 314 g/mol. The third-order valence-electron chi connectivity index (χ3n) is 4.87. The molecule has 6 heteroatoms. The van der Waals surface area contributed by atoms with E-state index in [9.17, 15) is 4.79 Å². The quantitative estimate of drug-likeness (QED) is 0.455. The molecular formula is C16H34N4O2. The van der Waals surface area contributed by atoms with Crippen LogP contribution in [0.2, 0.25) is 0 Å². The molecule has 2 unspecified atom stereocenters. The number of nitrogens with two attached hydrogens (primary N) is 1. The Bertz CT molecular complexity index is 327. The first-order chi connectivity index (χ1) is 10.5. The number of rotatable bonds is 3. The van der Waals surface area contributed by atoms with Crippen LogP contribution >= 0.6 is 0 Å². The summed E-state index contributed by atoms with van der Waals surface area (Å²) in [5.74, 6) is 5.51. The number of nitrogens with zero attached hydrogens (tertiary/aromatic N) is 3. The molecule has 0 aliphatic carbocycles. The Labute approximate surface area is 135 Å². The Morgan fingerprint density at radius 2 is 1.59 bits per heavy atom. The minimum atomic E-state index is -0.0565. The molecule has 0 aromatic carbocycles. The molecule has 1 amide bonds. The van der Waals surface area contributed by atoms with E-state index in [1.54, 1.807) is 0 Å². The molecule has 2 fully saturated rings. The molecule has 0 aromatic heterocycles. The molecule has 2 aliphatic rings. The Kier molecular flexibility index (Phi) is 8.93. The lowest BCUT2D eigenvalue weighted by molar-refractivity contribution is -0.130. The number of likely N-dealkylation sites (N-methyl/N-ethyl adjacent to an activating group) is 2. The number of hydrogen-bond acceptors (Lipinski definition) is 5. The van der Waals surface area contributed by atoms with Crippen molar-refractivity contribution in [3.05, 3.63) is 0 Å². The summed E-state index contributed by atoms with van der Waals surface area (Å²) in [6.07, 6.45) is 7.42. The van der Waals surface area contributed by atoms with Crippen molar-refractivity contribution in [2.45, 2.75) is 57.5 Å². The zero-order valence-electron chi connectivity index (χ0n) is 14.5. The van der Waals surface area contributed by atoms with Gasteiger partial charge in [-0.05, 0) is 52.9 Å². The zero-order valence-corrected chi connectivity index (χ0v) is 14.5. The van der Waals surface area contributed by atoms with Crippen LogP contribution < -0.4 is 5.84 Å². The van der Waals surface area contributed by atoms with Gasteiger partial charge in [0, 0.05) is 19.0 Å². The third kappa shape index (κ3) is 6.60. The molecule has 2 heterocycles. The summed E-state index contributed by atoms with van der Waals surface area (Å²) in [5, 5.41) is 10.1. The van der Waals surface area contributed by atoms with Crippen LogP contribution in [0.5, 0.6) is 0 Å². The topological polar surface area (TPSA) is 73.0 Å². The summed E-state index contributed by atoms with van der Waals surface area (Å²) in [6, 6.07) is 0.890. The van der Waals surface area contributed by atoms with E-state index in [0.29, 0.717) is 25.2 Å². The van der Waals surface area contributed by atoms with Crippen LogP contribution in [0.25, 0.3) is 0 Å². The van der Waals surface area contributed by atoms with Gasteiger partial charge in [-0.3, -0.25) is 9.80 Å². The second kappa shape index (κ2) is 10.2. The molecule has 130 valence electrons. The maximum atomic E-state index is 10.9. The van der Waals surface area contributed by atoms with Crippen LogP contribution in [0.3, 0.4) is 0 Å². The normalized spacial score (nSPS) is 27.0. The predicted molar refractivity (Wildman–Crippen MR) is 89.2 cm³/mol. The summed E-state index contributed by atoms with van der Waals surface area (Å²) < 4.78 is 0. The zero-order chi connectivity index (χ0) is 16.5. The number of carbonyl (C=O) groups excluding carboxylic acids is 1. The number of aliphatic hydroxyl groups excluding tert-OH is 1. The van der Waals surface area contributed by atoms with Crippen LogP contribution in [-0.4, -0.2) is 78.2 Å². The van der Waals surface area contributed by atoms with Gasteiger partial charge in [0.1, 0.15) is 0 Å². The lowest BCUT2D eigenvalue weighted by atomic mass is 10.0. The standard InChI is InChI=1S/C9H19N3O.C7H15NO/c1-8(13)12(10)7-9-5-3-4-6-11(9)2;1-8-5-3-2-4-7(8)6-9/h9H,3-7,10H2,1-2H3;7,9H,2-6H2,1H3. The number of piperidine rings is 2. The molecule has 6 nitrogen and oxygen atoms in total. The highest BCUT2D eigenvalue weighted by atomic mass is 16.3. The van der Waals surface area contributed by atoms with Gasteiger partial charge >= 0.3 is 0 Å². The molecular weight excluding hydrogens is 280 g/mol. The summed E-state index contributed by atoms with van der Waals surface area (Å²) in [7, 11) is 4.18. The Morgan fingerprint density at radius 3 is 1.95 bits per heavy atom. The van der Waals surface area contributed by atoms with Crippen molar-refractivity contribution in [3.63, 3.8) is 0 Å². The van der Waals surface area contributed by atoms with Crippen LogP contribution in [0.15, 0.2) is 0 Å². The van der Waals surface area contributed by atoms with Crippen LogP contribution in [0.1, 0.15) is 45.4 Å². The Balaban J connectivity index is 0.000000235. The fourth-order valence-electron chi connectivity index (χ4n) is 3.11. The highest BCUT2D eigenvalue weighted by Crippen LogP contribution is 2.15. The van der Waals surface area contributed by atoms with E-state index in [1.807, 2.05) is 0 Å². The van der Waals surface area contributed by atoms with Crippen molar-refractivity contribution in [2.24, 2.45) is 5.84 Å². The number of hydrazine groups is 1. The van der Waals surface area contributed by atoms with Gasteiger partial charge < -0.3 is 14.9 Å². The molecule has 0 bridgehead atoms. The molecule has 2 saturated heterocycles. The van der Waals surface area contributed by atoms with Crippen molar-refractivity contribution >= 4 is 5.91 Å². The van der Waals surface area contributed by atoms with Gasteiger partial charge in [-0.15, -0.1) is 0 Å². The van der Waals surface area contributed by atoms with Crippen molar-refractivity contribution in [3.8, 4) is 0 Å². The second-order valence-electron chi connectivity index (χ2n) is 6.61. The second-order valence-corrected chi connectivity index (χ2v) is 6.61. The van der Waals surface area contributed by atoms with Gasteiger partial charge in [0.15, 0.2) is 0 Å². The average molecular weight is 314 g/mol. The number of aliphatic hydroxyl groups is 1. The van der Waals surface area contributed by atoms with Crippen molar-refractivity contribution in [2.75, 3.05) is 40.3 Å². The molecule has 0 spiro atoms. The van der Waals surface area contributed by atoms with Gasteiger partial charge in [0.2, 0.25) is 5.91 Å². The number of likely N-dealkylation sites (tertiary alicyclic amines) is 2. The van der Waals surface area contributed by atoms with Gasteiger partial charge in [-0.25, -0.2) is 5.84 Å². The van der Waals surface area contributed by atoms with E-state index in [-0.39, 0.29) is 5.91 Å². The largest absolute Gasteiger partial charge is 0.395 e. The minimum Gasteiger partial charge on any atom is -0.395 e. The maximum Gasteiger partial charge on any atom is 0.233 e. The fraction of sp³-hybridized carbons (Fsp3) is 0.938. The minimum absolute atomic E-state index is 0.0565. The van der Waals surface area contributed by atoms with Crippen molar-refractivity contribution in [1.29, 1.82) is 0 Å². The van der Waals surface area contributed by atoms with Crippen molar-refractivity contribution < 1.29 is 9.90 Å². The molecule has 2 aliphatic heterocycles. The lowest BCUT2D eigenvalue weighted by Crippen LogP contribution is -2.48. The highest BCUT2D eigenvalue weighted by Gasteiger charge is 2.21. The van der Waals surface area contributed by atoms with Crippen LogP contribution in [-0.2, 0) is 4.79 Å². The number of amides is 1. The molecule has 3 N–H and O–H groups in total. The molecule has 0 radical (unpaired) electrons. The summed E-state index contributed by atoms with van der Waals surface area (Å²) in [4.78, 5) is 15.4. The average Bonchev–Trinajstić information content (AvgIpc) is 2.50. The SMILES string of the molecule is CC(=O)N(N)CC1CCCCN1C.CN1CCCCC1CO. The van der Waals surface area contributed by atoms with Gasteiger partial charge in [-0.1, -0.05) is 12.8 Å². The third-order valence-corrected chi connectivity index (χ3v) is 4.87. The summed E-state index contributed by atoms with van der Waals surface area (Å²) >= 11 is 0. The van der Waals surface area contributed by atoms with E-state index in [4.69, 9.17) is 10.9 Å². The maximum absolute atomic E-state index is 10.9. The molecule has 22 heavy (non-hydrogen) atoms.